The van der Waals surface area contributed by atoms with Crippen molar-refractivity contribution < 1.29 is 0 Å². The third-order valence-corrected chi connectivity index (χ3v) is 2.79. The van der Waals surface area contributed by atoms with Crippen LogP contribution in [-0.2, 0) is 6.54 Å². The van der Waals surface area contributed by atoms with Crippen LogP contribution in [0.3, 0.4) is 0 Å². The predicted octanol–water partition coefficient (Wildman–Crippen LogP) is 2.62. The first-order valence-electron chi connectivity index (χ1n) is 6.54. The summed E-state index contributed by atoms with van der Waals surface area (Å²) in [4.78, 5) is 16.6. The van der Waals surface area contributed by atoms with Gasteiger partial charge in [-0.15, -0.1) is 0 Å². The molecule has 0 aliphatic carbocycles. The van der Waals surface area contributed by atoms with Crippen molar-refractivity contribution in [1.29, 1.82) is 0 Å². The molecule has 6 nitrogen and oxygen atoms in total. The normalized spacial score (nSPS) is 10.1. The molecule has 0 unspecified atom stereocenters. The van der Waals surface area contributed by atoms with Gasteiger partial charge in [-0.2, -0.15) is 4.98 Å². The second kappa shape index (κ2) is 6.42. The average Bonchev–Trinajstić information content (AvgIpc) is 2.55. The van der Waals surface area contributed by atoms with Crippen LogP contribution in [0.1, 0.15) is 5.56 Å². The van der Waals surface area contributed by atoms with Crippen molar-refractivity contribution in [2.45, 2.75) is 6.54 Å². The van der Waals surface area contributed by atoms with E-state index in [4.69, 9.17) is 0 Å². The number of hydrogen-bond acceptors (Lipinski definition) is 6. The highest BCUT2D eigenvalue weighted by atomic mass is 15.2. The van der Waals surface area contributed by atoms with Crippen molar-refractivity contribution in [3.63, 3.8) is 0 Å². The Hall–Kier alpha value is -3.02. The van der Waals surface area contributed by atoms with Gasteiger partial charge in [-0.1, -0.05) is 30.3 Å². The van der Waals surface area contributed by atoms with Gasteiger partial charge in [0.1, 0.15) is 18.0 Å². The SMILES string of the molecule is c1ccc(CNc2nccc(Nc3ccncn3)n2)cc1. The lowest BCUT2D eigenvalue weighted by Crippen LogP contribution is -2.05. The lowest BCUT2D eigenvalue weighted by Gasteiger charge is -2.07. The molecule has 0 bridgehead atoms. The lowest BCUT2D eigenvalue weighted by atomic mass is 10.2. The van der Waals surface area contributed by atoms with Crippen LogP contribution in [0.2, 0.25) is 0 Å². The Morgan fingerprint density at radius 3 is 2.52 bits per heavy atom. The molecule has 2 heterocycles. The summed E-state index contributed by atoms with van der Waals surface area (Å²) in [5.41, 5.74) is 1.18. The molecule has 0 spiro atoms. The highest BCUT2D eigenvalue weighted by Crippen LogP contribution is 2.12. The Morgan fingerprint density at radius 2 is 1.71 bits per heavy atom. The number of hydrogen-bond donors (Lipinski definition) is 2. The van der Waals surface area contributed by atoms with E-state index >= 15 is 0 Å². The zero-order valence-electron chi connectivity index (χ0n) is 11.3. The Kier molecular flexibility index (Phi) is 3.97. The number of rotatable bonds is 5. The van der Waals surface area contributed by atoms with E-state index in [0.29, 0.717) is 24.1 Å². The summed E-state index contributed by atoms with van der Waals surface area (Å²) in [5.74, 6) is 1.94. The fraction of sp³-hybridized carbons (Fsp3) is 0.0667. The molecule has 0 saturated carbocycles. The summed E-state index contributed by atoms with van der Waals surface area (Å²) in [6.45, 7) is 0.678. The van der Waals surface area contributed by atoms with Crippen molar-refractivity contribution in [3.05, 3.63) is 66.7 Å². The molecule has 0 fully saturated rings. The van der Waals surface area contributed by atoms with E-state index in [1.807, 2.05) is 18.2 Å². The van der Waals surface area contributed by atoms with E-state index < -0.39 is 0 Å². The van der Waals surface area contributed by atoms with E-state index in [-0.39, 0.29) is 0 Å². The van der Waals surface area contributed by atoms with Gasteiger partial charge in [0.15, 0.2) is 0 Å². The van der Waals surface area contributed by atoms with Gasteiger partial charge in [0.05, 0.1) is 0 Å². The first-order valence-corrected chi connectivity index (χ1v) is 6.54. The van der Waals surface area contributed by atoms with Crippen LogP contribution in [0.4, 0.5) is 17.6 Å². The molecular weight excluding hydrogens is 264 g/mol. The smallest absolute Gasteiger partial charge is 0.224 e. The van der Waals surface area contributed by atoms with Crippen molar-refractivity contribution in [3.8, 4) is 0 Å². The van der Waals surface area contributed by atoms with E-state index in [1.165, 1.54) is 11.9 Å². The van der Waals surface area contributed by atoms with Crippen molar-refractivity contribution in [2.24, 2.45) is 0 Å². The molecule has 6 heteroatoms. The molecular formula is C15H14N6. The number of anilines is 3. The van der Waals surface area contributed by atoms with Crippen LogP contribution in [0, 0.1) is 0 Å². The fourth-order valence-electron chi connectivity index (χ4n) is 1.79. The molecule has 0 saturated heterocycles. The fourth-order valence-corrected chi connectivity index (χ4v) is 1.79. The van der Waals surface area contributed by atoms with E-state index in [0.717, 1.165) is 0 Å². The molecule has 3 aromatic rings. The van der Waals surface area contributed by atoms with E-state index in [2.05, 4.69) is 42.7 Å². The lowest BCUT2D eigenvalue weighted by molar-refractivity contribution is 1.05. The summed E-state index contributed by atoms with van der Waals surface area (Å²) in [6.07, 6.45) is 4.85. The van der Waals surface area contributed by atoms with Crippen molar-refractivity contribution in [2.75, 3.05) is 10.6 Å². The van der Waals surface area contributed by atoms with E-state index in [1.54, 1.807) is 24.5 Å². The maximum absolute atomic E-state index is 4.39. The van der Waals surface area contributed by atoms with Crippen LogP contribution < -0.4 is 10.6 Å². The molecule has 21 heavy (non-hydrogen) atoms. The van der Waals surface area contributed by atoms with Gasteiger partial charge in [-0.05, 0) is 17.7 Å². The van der Waals surface area contributed by atoms with Crippen LogP contribution in [0.15, 0.2) is 61.2 Å². The summed E-state index contributed by atoms with van der Waals surface area (Å²) < 4.78 is 0. The molecule has 0 aliphatic rings. The average molecular weight is 278 g/mol. The largest absolute Gasteiger partial charge is 0.350 e. The van der Waals surface area contributed by atoms with Crippen LogP contribution in [0.25, 0.3) is 0 Å². The second-order valence-corrected chi connectivity index (χ2v) is 4.32. The topological polar surface area (TPSA) is 75.6 Å². The number of aromatic nitrogens is 4. The second-order valence-electron chi connectivity index (χ2n) is 4.32. The minimum absolute atomic E-state index is 0.568. The molecule has 0 aliphatic heterocycles. The Bertz CT molecular complexity index is 687. The summed E-state index contributed by atoms with van der Waals surface area (Å²) >= 11 is 0. The number of nitrogens with one attached hydrogen (secondary N) is 2. The summed E-state index contributed by atoms with van der Waals surface area (Å²) in [7, 11) is 0. The molecule has 104 valence electrons. The van der Waals surface area contributed by atoms with Crippen molar-refractivity contribution in [1.82, 2.24) is 19.9 Å². The minimum atomic E-state index is 0.568. The van der Waals surface area contributed by atoms with Crippen LogP contribution >= 0.6 is 0 Å². The highest BCUT2D eigenvalue weighted by Gasteiger charge is 2.00. The van der Waals surface area contributed by atoms with Gasteiger partial charge < -0.3 is 10.6 Å². The molecule has 1 aromatic carbocycles. The third-order valence-electron chi connectivity index (χ3n) is 2.79. The molecule has 2 N–H and O–H groups in total. The maximum Gasteiger partial charge on any atom is 0.224 e. The third kappa shape index (κ3) is 3.73. The van der Waals surface area contributed by atoms with Gasteiger partial charge in [0.2, 0.25) is 5.95 Å². The quantitative estimate of drug-likeness (QED) is 0.747. The number of nitrogens with zero attached hydrogens (tertiary/aromatic N) is 4. The first kappa shape index (κ1) is 13.0. The predicted molar refractivity (Wildman–Crippen MR) is 81.1 cm³/mol. The number of benzene rings is 1. The van der Waals surface area contributed by atoms with Crippen LogP contribution in [0.5, 0.6) is 0 Å². The summed E-state index contributed by atoms with van der Waals surface area (Å²) in [6, 6.07) is 13.7. The molecule has 3 rings (SSSR count). The minimum Gasteiger partial charge on any atom is -0.350 e. The van der Waals surface area contributed by atoms with Gasteiger partial charge in [-0.25, -0.2) is 15.0 Å². The van der Waals surface area contributed by atoms with Crippen molar-refractivity contribution >= 4 is 17.6 Å². The standard InChI is InChI=1S/C15H14N6/c1-2-4-12(5-3-1)10-18-15-17-9-7-14(21-15)20-13-6-8-16-11-19-13/h1-9,11H,10H2,(H2,16,17,18,19,20,21). The maximum atomic E-state index is 4.39. The Morgan fingerprint density at radius 1 is 0.857 bits per heavy atom. The Labute approximate surface area is 122 Å². The van der Waals surface area contributed by atoms with Crippen LogP contribution in [-0.4, -0.2) is 19.9 Å². The van der Waals surface area contributed by atoms with Gasteiger partial charge in [0, 0.05) is 18.9 Å². The molecule has 0 radical (unpaired) electrons. The van der Waals surface area contributed by atoms with Gasteiger partial charge >= 0.3 is 0 Å². The van der Waals surface area contributed by atoms with Gasteiger partial charge in [-0.3, -0.25) is 0 Å². The first-order chi connectivity index (χ1) is 10.4. The zero-order valence-corrected chi connectivity index (χ0v) is 11.3. The Balaban J connectivity index is 1.66. The molecule has 0 atom stereocenters. The zero-order chi connectivity index (χ0) is 14.3. The van der Waals surface area contributed by atoms with Gasteiger partial charge in [0.25, 0.3) is 0 Å². The highest BCUT2D eigenvalue weighted by molar-refractivity contribution is 5.51. The monoisotopic (exact) mass is 278 g/mol. The van der Waals surface area contributed by atoms with E-state index in [9.17, 15) is 0 Å². The molecule has 2 aromatic heterocycles. The molecule has 0 amide bonds. The summed E-state index contributed by atoms with van der Waals surface area (Å²) in [5, 5.41) is 6.29.